The first-order valence-corrected chi connectivity index (χ1v) is 5.17. The van der Waals surface area contributed by atoms with E-state index >= 15 is 0 Å². The summed E-state index contributed by atoms with van der Waals surface area (Å²) < 4.78 is 0. The largest absolute Gasteiger partial charge is 0.369 e. The van der Waals surface area contributed by atoms with Crippen LogP contribution in [0.15, 0.2) is 4.99 Å². The van der Waals surface area contributed by atoms with Crippen LogP contribution in [0, 0.1) is 0 Å². The minimum Gasteiger partial charge on any atom is -0.369 e. The second kappa shape index (κ2) is 8.81. The number of carbonyl (C=O) groups excluding carboxylic acids is 2. The first-order chi connectivity index (χ1) is 7.60. The van der Waals surface area contributed by atoms with Crippen molar-refractivity contribution < 1.29 is 9.59 Å². The Bertz CT molecular complexity index is 265. The number of nitrogens with zero attached hydrogens (tertiary/aromatic N) is 1. The highest BCUT2D eigenvalue weighted by Gasteiger charge is 2.04. The molecule has 7 heteroatoms. The monoisotopic (exact) mass is 229 g/mol. The van der Waals surface area contributed by atoms with Crippen LogP contribution in [0.25, 0.3) is 0 Å². The molecule has 92 valence electrons. The highest BCUT2D eigenvalue weighted by atomic mass is 16.2. The maximum Gasteiger partial charge on any atom is 0.248 e. The van der Waals surface area contributed by atoms with Crippen molar-refractivity contribution in [2.75, 3.05) is 13.1 Å². The molecular weight excluding hydrogens is 210 g/mol. The molecule has 0 bridgehead atoms. The highest BCUT2D eigenvalue weighted by molar-refractivity contribution is 6.01. The molecule has 0 aliphatic heterocycles. The number of carbonyl (C=O) groups is 2. The number of rotatable bonds is 6. The molecule has 0 aromatic carbocycles. The van der Waals surface area contributed by atoms with E-state index in [-0.39, 0.29) is 30.6 Å². The molecule has 16 heavy (non-hydrogen) atoms. The molecule has 0 radical (unpaired) electrons. The van der Waals surface area contributed by atoms with E-state index in [0.29, 0.717) is 25.9 Å². The van der Waals surface area contributed by atoms with Gasteiger partial charge in [-0.05, 0) is 25.9 Å². The van der Waals surface area contributed by atoms with Crippen molar-refractivity contribution in [3.63, 3.8) is 0 Å². The van der Waals surface area contributed by atoms with Crippen molar-refractivity contribution in [2.24, 2.45) is 22.2 Å². The van der Waals surface area contributed by atoms with Crippen LogP contribution in [-0.4, -0.2) is 30.9 Å². The summed E-state index contributed by atoms with van der Waals surface area (Å²) in [6, 6.07) is 0. The summed E-state index contributed by atoms with van der Waals surface area (Å²) in [5.41, 5.74) is 15.8. The summed E-state index contributed by atoms with van der Waals surface area (Å²) in [5, 5.41) is 2.30. The molecule has 0 unspecified atom stereocenters. The molecule has 0 aromatic rings. The van der Waals surface area contributed by atoms with Gasteiger partial charge in [-0.2, -0.15) is 4.99 Å². The van der Waals surface area contributed by atoms with Crippen LogP contribution in [-0.2, 0) is 9.59 Å². The molecule has 0 spiro atoms. The Balaban J connectivity index is 3.93. The third-order valence-electron chi connectivity index (χ3n) is 1.72. The molecular formula is C9H19N5O2. The average molecular weight is 229 g/mol. The van der Waals surface area contributed by atoms with Crippen LogP contribution >= 0.6 is 0 Å². The maximum absolute atomic E-state index is 11.1. The van der Waals surface area contributed by atoms with Crippen molar-refractivity contribution in [1.82, 2.24) is 5.32 Å². The second-order valence-corrected chi connectivity index (χ2v) is 3.22. The number of guanidine groups is 1. The fourth-order valence-electron chi connectivity index (χ4n) is 0.939. The lowest BCUT2D eigenvalue weighted by molar-refractivity contribution is -0.119. The van der Waals surface area contributed by atoms with Gasteiger partial charge in [0.2, 0.25) is 17.8 Å². The van der Waals surface area contributed by atoms with Crippen LogP contribution in [0.2, 0.25) is 0 Å². The number of nitrogens with one attached hydrogen (secondary N) is 1. The fourth-order valence-corrected chi connectivity index (χ4v) is 0.939. The van der Waals surface area contributed by atoms with E-state index in [1.54, 1.807) is 0 Å². The van der Waals surface area contributed by atoms with Crippen LogP contribution in [0.3, 0.4) is 0 Å². The van der Waals surface area contributed by atoms with Gasteiger partial charge in [0.1, 0.15) is 0 Å². The Morgan fingerprint density at radius 3 is 2.19 bits per heavy atom. The van der Waals surface area contributed by atoms with E-state index in [9.17, 15) is 9.59 Å². The van der Waals surface area contributed by atoms with E-state index < -0.39 is 0 Å². The third kappa shape index (κ3) is 7.89. The van der Waals surface area contributed by atoms with Gasteiger partial charge in [-0.25, -0.2) is 0 Å². The molecule has 7 N–H and O–H groups in total. The SMILES string of the molecule is NCCCC(=O)N=C(N)NC(=O)CCCN. The Morgan fingerprint density at radius 2 is 1.62 bits per heavy atom. The Hall–Kier alpha value is -1.47. The molecule has 7 nitrogen and oxygen atoms in total. The van der Waals surface area contributed by atoms with Gasteiger partial charge >= 0.3 is 0 Å². The van der Waals surface area contributed by atoms with E-state index in [1.807, 2.05) is 0 Å². The van der Waals surface area contributed by atoms with Gasteiger partial charge in [-0.1, -0.05) is 0 Å². The zero-order valence-electron chi connectivity index (χ0n) is 9.24. The Labute approximate surface area is 94.4 Å². The van der Waals surface area contributed by atoms with Gasteiger partial charge in [0.15, 0.2) is 0 Å². The lowest BCUT2D eigenvalue weighted by atomic mass is 10.3. The molecule has 0 aliphatic carbocycles. The molecule has 0 saturated carbocycles. The molecule has 0 heterocycles. The molecule has 0 fully saturated rings. The van der Waals surface area contributed by atoms with Crippen molar-refractivity contribution in [3.8, 4) is 0 Å². The summed E-state index contributed by atoms with van der Waals surface area (Å²) in [5.74, 6) is -0.857. The van der Waals surface area contributed by atoms with E-state index in [4.69, 9.17) is 17.2 Å². The second-order valence-electron chi connectivity index (χ2n) is 3.22. The lowest BCUT2D eigenvalue weighted by Crippen LogP contribution is -2.37. The van der Waals surface area contributed by atoms with Crippen LogP contribution in [0.1, 0.15) is 25.7 Å². The van der Waals surface area contributed by atoms with Crippen LogP contribution in [0.5, 0.6) is 0 Å². The van der Waals surface area contributed by atoms with Crippen molar-refractivity contribution in [3.05, 3.63) is 0 Å². The Kier molecular flexibility index (Phi) is 8.00. The quantitative estimate of drug-likeness (QED) is 0.322. The summed E-state index contributed by atoms with van der Waals surface area (Å²) in [7, 11) is 0. The maximum atomic E-state index is 11.1. The molecule has 0 atom stereocenters. The predicted molar refractivity (Wildman–Crippen MR) is 61.3 cm³/mol. The first-order valence-electron chi connectivity index (χ1n) is 5.17. The van der Waals surface area contributed by atoms with Gasteiger partial charge in [-0.3, -0.25) is 14.9 Å². The minimum atomic E-state index is -0.387. The van der Waals surface area contributed by atoms with Crippen molar-refractivity contribution >= 4 is 17.8 Å². The van der Waals surface area contributed by atoms with E-state index in [0.717, 1.165) is 0 Å². The highest BCUT2D eigenvalue weighted by Crippen LogP contribution is 1.90. The zero-order chi connectivity index (χ0) is 12.4. The normalized spacial score (nSPS) is 11.2. The molecule has 0 aromatic heterocycles. The van der Waals surface area contributed by atoms with Gasteiger partial charge in [0.25, 0.3) is 0 Å². The number of hydrogen-bond acceptors (Lipinski definition) is 4. The van der Waals surface area contributed by atoms with Gasteiger partial charge in [0.05, 0.1) is 0 Å². The number of hydrogen-bond donors (Lipinski definition) is 4. The Morgan fingerprint density at radius 1 is 1.06 bits per heavy atom. The number of aliphatic imine (C=N–C) groups is 1. The molecule has 2 amide bonds. The van der Waals surface area contributed by atoms with Crippen LogP contribution < -0.4 is 22.5 Å². The van der Waals surface area contributed by atoms with Crippen molar-refractivity contribution in [2.45, 2.75) is 25.7 Å². The fraction of sp³-hybridized carbons (Fsp3) is 0.667. The summed E-state index contributed by atoms with van der Waals surface area (Å²) in [4.78, 5) is 25.8. The predicted octanol–water partition coefficient (Wildman–Crippen LogP) is -1.58. The van der Waals surface area contributed by atoms with Gasteiger partial charge in [0, 0.05) is 12.8 Å². The number of amides is 2. The third-order valence-corrected chi connectivity index (χ3v) is 1.72. The average Bonchev–Trinajstić information content (AvgIpc) is 2.23. The van der Waals surface area contributed by atoms with E-state index in [2.05, 4.69) is 10.3 Å². The molecule has 0 rings (SSSR count). The van der Waals surface area contributed by atoms with Gasteiger partial charge < -0.3 is 17.2 Å². The standard InChI is InChI=1S/C9H19N5O2/c10-5-1-3-7(15)13-9(12)14-8(16)4-2-6-11/h1-6,10-11H2,(H3,12,13,14,15,16). The van der Waals surface area contributed by atoms with E-state index in [1.165, 1.54) is 0 Å². The topological polar surface area (TPSA) is 137 Å². The molecule has 0 saturated heterocycles. The minimum absolute atomic E-state index is 0.177. The summed E-state index contributed by atoms with van der Waals surface area (Å²) in [6.45, 7) is 0.851. The molecule has 0 aliphatic rings. The van der Waals surface area contributed by atoms with Gasteiger partial charge in [-0.15, -0.1) is 0 Å². The summed E-state index contributed by atoms with van der Waals surface area (Å²) >= 11 is 0. The lowest BCUT2D eigenvalue weighted by Gasteiger charge is -2.02. The first kappa shape index (κ1) is 14.5. The zero-order valence-corrected chi connectivity index (χ0v) is 9.24. The smallest absolute Gasteiger partial charge is 0.248 e. The summed E-state index contributed by atoms with van der Waals surface area (Å²) in [6.07, 6.45) is 1.62. The number of nitrogens with two attached hydrogens (primary N) is 3. The van der Waals surface area contributed by atoms with Crippen LogP contribution in [0.4, 0.5) is 0 Å². The van der Waals surface area contributed by atoms with Crippen molar-refractivity contribution in [1.29, 1.82) is 0 Å².